The third kappa shape index (κ3) is 8.80. The lowest BCUT2D eigenvalue weighted by Crippen LogP contribution is -2.41. The minimum Gasteiger partial charge on any atom is -0.370 e. The van der Waals surface area contributed by atoms with Crippen LogP contribution in [0.2, 0.25) is 0 Å². The number of hydrogen-bond acceptors (Lipinski definition) is 2. The molecule has 0 saturated heterocycles. The minimum atomic E-state index is 0. The summed E-state index contributed by atoms with van der Waals surface area (Å²) in [5, 5.41) is 6.73. The summed E-state index contributed by atoms with van der Waals surface area (Å²) in [6.07, 6.45) is 12.6. The summed E-state index contributed by atoms with van der Waals surface area (Å²) in [7, 11) is 0. The smallest absolute Gasteiger partial charge is 0.189 e. The van der Waals surface area contributed by atoms with Gasteiger partial charge in [-0.2, -0.15) is 0 Å². The molecule has 6 nitrogen and oxygen atoms in total. The molecule has 162 valence electrons. The normalized spacial score (nSPS) is 19.4. The summed E-state index contributed by atoms with van der Waals surface area (Å²) in [6, 6.07) is 9.30. The number of nitrogens with one attached hydrogen (secondary N) is 2. The van der Waals surface area contributed by atoms with Crippen molar-refractivity contribution < 1.29 is 0 Å². The number of rotatable bonds is 6. The van der Waals surface area contributed by atoms with Crippen LogP contribution in [0, 0.1) is 0 Å². The molecule has 6 N–H and O–H groups in total. The first kappa shape index (κ1) is 23.8. The fourth-order valence-electron chi connectivity index (χ4n) is 4.18. The monoisotopic (exact) mass is 512 g/mol. The molecule has 0 aliphatic heterocycles. The Hall–Kier alpha value is -1.51. The van der Waals surface area contributed by atoms with Gasteiger partial charge in [-0.15, -0.1) is 24.0 Å². The fraction of sp³-hybridized carbons (Fsp3) is 0.636. The summed E-state index contributed by atoms with van der Waals surface area (Å²) >= 11 is 0. The zero-order valence-corrected chi connectivity index (χ0v) is 19.7. The van der Waals surface area contributed by atoms with Gasteiger partial charge >= 0.3 is 0 Å². The van der Waals surface area contributed by atoms with E-state index in [4.69, 9.17) is 11.5 Å². The first-order chi connectivity index (χ1) is 13.7. The van der Waals surface area contributed by atoms with Crippen LogP contribution in [-0.4, -0.2) is 24.0 Å². The van der Waals surface area contributed by atoms with E-state index in [0.717, 1.165) is 11.1 Å². The van der Waals surface area contributed by atoms with E-state index in [1.54, 1.807) is 0 Å². The van der Waals surface area contributed by atoms with Gasteiger partial charge in [0.15, 0.2) is 11.9 Å². The molecule has 2 aliphatic rings. The van der Waals surface area contributed by atoms with Crippen molar-refractivity contribution in [2.24, 2.45) is 21.5 Å². The summed E-state index contributed by atoms with van der Waals surface area (Å²) in [5.41, 5.74) is 14.4. The predicted molar refractivity (Wildman–Crippen MR) is 133 cm³/mol. The van der Waals surface area contributed by atoms with Gasteiger partial charge in [0.05, 0.1) is 13.1 Å². The van der Waals surface area contributed by atoms with Gasteiger partial charge < -0.3 is 22.1 Å². The van der Waals surface area contributed by atoms with Crippen LogP contribution in [0.15, 0.2) is 34.3 Å². The van der Waals surface area contributed by atoms with Gasteiger partial charge in [-0.3, -0.25) is 0 Å². The zero-order chi connectivity index (χ0) is 19.6. The highest BCUT2D eigenvalue weighted by Crippen LogP contribution is 2.18. The first-order valence-corrected chi connectivity index (χ1v) is 10.9. The van der Waals surface area contributed by atoms with Crippen LogP contribution < -0.4 is 22.1 Å². The summed E-state index contributed by atoms with van der Waals surface area (Å²) in [6.45, 7) is 1.16. The van der Waals surface area contributed by atoms with Crippen molar-refractivity contribution in [3.8, 4) is 0 Å². The number of benzene rings is 1. The molecular weight excluding hydrogens is 475 g/mol. The number of aliphatic imine (C=N–C) groups is 2. The van der Waals surface area contributed by atoms with Crippen LogP contribution in [0.25, 0.3) is 0 Å². The SMILES string of the molecule is I.NC(=NCc1cccc(CN=C(N)NC2CCCCC2)c1)NC1CCCCC1. The van der Waals surface area contributed by atoms with Crippen molar-refractivity contribution in [3.63, 3.8) is 0 Å². The molecule has 2 aliphatic carbocycles. The van der Waals surface area contributed by atoms with Crippen molar-refractivity contribution in [2.75, 3.05) is 0 Å². The van der Waals surface area contributed by atoms with Gasteiger partial charge in [0, 0.05) is 12.1 Å². The molecule has 2 fully saturated rings. The topological polar surface area (TPSA) is 101 Å². The second-order valence-electron chi connectivity index (χ2n) is 8.18. The fourth-order valence-corrected chi connectivity index (χ4v) is 4.18. The summed E-state index contributed by atoms with van der Waals surface area (Å²) in [5.74, 6) is 1.10. The summed E-state index contributed by atoms with van der Waals surface area (Å²) in [4.78, 5) is 9.03. The van der Waals surface area contributed by atoms with Gasteiger partial charge in [-0.1, -0.05) is 62.8 Å². The lowest BCUT2D eigenvalue weighted by molar-refractivity contribution is 0.412. The molecular formula is C22H37IN6. The molecule has 7 heteroatoms. The quantitative estimate of drug-likeness (QED) is 0.265. The molecule has 0 aromatic heterocycles. The Bertz CT molecular complexity index is 610. The van der Waals surface area contributed by atoms with Crippen LogP contribution in [0.4, 0.5) is 0 Å². The third-order valence-corrected chi connectivity index (χ3v) is 5.77. The van der Waals surface area contributed by atoms with Crippen molar-refractivity contribution in [2.45, 2.75) is 89.4 Å². The van der Waals surface area contributed by atoms with Gasteiger partial charge in [-0.25, -0.2) is 9.98 Å². The van der Waals surface area contributed by atoms with E-state index >= 15 is 0 Å². The molecule has 0 bridgehead atoms. The lowest BCUT2D eigenvalue weighted by Gasteiger charge is -2.23. The van der Waals surface area contributed by atoms with Crippen LogP contribution in [-0.2, 0) is 13.1 Å². The Labute approximate surface area is 192 Å². The maximum absolute atomic E-state index is 6.07. The van der Waals surface area contributed by atoms with E-state index < -0.39 is 0 Å². The maximum atomic E-state index is 6.07. The second-order valence-corrected chi connectivity index (χ2v) is 8.18. The average Bonchev–Trinajstić information content (AvgIpc) is 2.73. The molecule has 0 radical (unpaired) electrons. The molecule has 2 saturated carbocycles. The number of guanidine groups is 2. The van der Waals surface area contributed by atoms with Crippen LogP contribution in [0.3, 0.4) is 0 Å². The van der Waals surface area contributed by atoms with E-state index in [2.05, 4.69) is 38.8 Å². The lowest BCUT2D eigenvalue weighted by atomic mass is 9.96. The van der Waals surface area contributed by atoms with Gasteiger partial charge in [0.1, 0.15) is 0 Å². The second kappa shape index (κ2) is 12.9. The first-order valence-electron chi connectivity index (χ1n) is 10.9. The van der Waals surface area contributed by atoms with Gasteiger partial charge in [-0.05, 0) is 36.8 Å². The highest BCUT2D eigenvalue weighted by atomic mass is 127. The maximum Gasteiger partial charge on any atom is 0.189 e. The molecule has 0 unspecified atom stereocenters. The van der Waals surface area contributed by atoms with Crippen LogP contribution >= 0.6 is 24.0 Å². The standard InChI is InChI=1S/C22H36N6.HI/c23-21(27-19-10-3-1-4-11-19)25-15-17-8-7-9-18(14-17)16-26-22(24)28-20-12-5-2-6-13-20;/h7-9,14,19-20H,1-6,10-13,15-16H2,(H3,23,25,27)(H3,24,26,28);1H. The molecule has 0 spiro atoms. The van der Waals surface area contributed by atoms with Gasteiger partial charge in [0.2, 0.25) is 0 Å². The summed E-state index contributed by atoms with van der Waals surface area (Å²) < 4.78 is 0. The minimum absolute atomic E-state index is 0. The molecule has 29 heavy (non-hydrogen) atoms. The Balaban J connectivity index is 0.00000300. The van der Waals surface area contributed by atoms with E-state index in [1.807, 2.05) is 6.07 Å². The largest absolute Gasteiger partial charge is 0.370 e. The van der Waals surface area contributed by atoms with Crippen molar-refractivity contribution in [1.82, 2.24) is 10.6 Å². The third-order valence-electron chi connectivity index (χ3n) is 5.77. The Morgan fingerprint density at radius 2 is 1.17 bits per heavy atom. The predicted octanol–water partition coefficient (Wildman–Crippen LogP) is 3.78. The Morgan fingerprint density at radius 1 is 0.759 bits per heavy atom. The molecule has 1 aromatic carbocycles. The zero-order valence-electron chi connectivity index (χ0n) is 17.4. The highest BCUT2D eigenvalue weighted by Gasteiger charge is 2.14. The number of halogens is 1. The average molecular weight is 512 g/mol. The van der Waals surface area contributed by atoms with Crippen molar-refractivity contribution in [1.29, 1.82) is 0 Å². The molecule has 1 aromatic rings. The van der Waals surface area contributed by atoms with E-state index in [1.165, 1.54) is 64.2 Å². The van der Waals surface area contributed by atoms with Crippen molar-refractivity contribution in [3.05, 3.63) is 35.4 Å². The van der Waals surface area contributed by atoms with E-state index in [9.17, 15) is 0 Å². The van der Waals surface area contributed by atoms with E-state index in [-0.39, 0.29) is 24.0 Å². The van der Waals surface area contributed by atoms with Gasteiger partial charge in [0.25, 0.3) is 0 Å². The van der Waals surface area contributed by atoms with E-state index in [0.29, 0.717) is 37.1 Å². The van der Waals surface area contributed by atoms with Crippen molar-refractivity contribution >= 4 is 35.9 Å². The molecule has 0 amide bonds. The number of nitrogens with two attached hydrogens (primary N) is 2. The van der Waals surface area contributed by atoms with Crippen LogP contribution in [0.5, 0.6) is 0 Å². The molecule has 0 heterocycles. The highest BCUT2D eigenvalue weighted by molar-refractivity contribution is 14.0. The van der Waals surface area contributed by atoms with Crippen LogP contribution in [0.1, 0.15) is 75.3 Å². The molecule has 3 rings (SSSR count). The Kier molecular flexibility index (Phi) is 10.6. The number of hydrogen-bond donors (Lipinski definition) is 4. The number of nitrogens with zero attached hydrogens (tertiary/aromatic N) is 2. The Morgan fingerprint density at radius 3 is 1.59 bits per heavy atom. The molecule has 0 atom stereocenters.